The molecule has 272 valence electrons. The Morgan fingerprint density at radius 2 is 1.09 bits per heavy atom. The standard InChI is InChI=1S/C36H26N6O10S2/c1-52-54(50,51)18-14-22-26(11-9-24(38)32(22)30(44)15-18)40-42-28-7-3-5-20-34(28)36(46)19-4-2-6-27(33(19)35(20)45)41-39-25-10-8-23(37)31-21(25)12-17(13-29(31)43)16-53(47,48)49/h2-15,43-44H,16,37-38H2,1H3,(H,47,48,49). The van der Waals surface area contributed by atoms with Crippen molar-refractivity contribution in [2.24, 2.45) is 20.5 Å². The van der Waals surface area contributed by atoms with Crippen LogP contribution in [0.15, 0.2) is 110 Å². The van der Waals surface area contributed by atoms with Crippen molar-refractivity contribution in [1.82, 2.24) is 0 Å². The molecular weight excluding hydrogens is 741 g/mol. The van der Waals surface area contributed by atoms with Gasteiger partial charge >= 0.3 is 0 Å². The topological polar surface area (TPSA) is 274 Å². The fourth-order valence-corrected chi connectivity index (χ4v) is 7.58. The fraction of sp³-hybridized carbons (Fsp3) is 0.0556. The van der Waals surface area contributed by atoms with Crippen LogP contribution in [0, 0.1) is 0 Å². The van der Waals surface area contributed by atoms with Crippen molar-refractivity contribution in [2.45, 2.75) is 10.6 Å². The Kier molecular flexibility index (Phi) is 8.69. The van der Waals surface area contributed by atoms with Crippen molar-refractivity contribution in [2.75, 3.05) is 18.6 Å². The molecule has 0 spiro atoms. The zero-order valence-corrected chi connectivity index (χ0v) is 29.4. The lowest BCUT2D eigenvalue weighted by Crippen LogP contribution is -2.21. The van der Waals surface area contributed by atoms with Crippen molar-refractivity contribution in [3.63, 3.8) is 0 Å². The third kappa shape index (κ3) is 6.28. The number of anilines is 2. The number of carbonyl (C=O) groups is 2. The van der Waals surface area contributed by atoms with Crippen LogP contribution in [0.5, 0.6) is 11.5 Å². The Morgan fingerprint density at radius 1 is 0.630 bits per heavy atom. The molecule has 0 amide bonds. The van der Waals surface area contributed by atoms with Crippen molar-refractivity contribution in [3.8, 4) is 11.5 Å². The summed E-state index contributed by atoms with van der Waals surface area (Å²) in [5, 5.41) is 38.9. The molecule has 7 rings (SSSR count). The largest absolute Gasteiger partial charge is 0.507 e. The fourth-order valence-electron chi connectivity index (χ4n) is 6.28. The van der Waals surface area contributed by atoms with Crippen LogP contribution in [-0.4, -0.2) is 50.3 Å². The molecule has 0 radical (unpaired) electrons. The Bertz CT molecular complexity index is 2930. The number of aromatic hydroxyl groups is 2. The highest BCUT2D eigenvalue weighted by Gasteiger charge is 2.34. The van der Waals surface area contributed by atoms with Crippen LogP contribution in [0.2, 0.25) is 0 Å². The van der Waals surface area contributed by atoms with Crippen molar-refractivity contribution < 1.29 is 45.4 Å². The van der Waals surface area contributed by atoms with E-state index in [1.54, 1.807) is 0 Å². The molecule has 7 N–H and O–H groups in total. The van der Waals surface area contributed by atoms with Crippen molar-refractivity contribution >= 4 is 87.5 Å². The van der Waals surface area contributed by atoms with Crippen molar-refractivity contribution in [1.29, 1.82) is 0 Å². The second-order valence-corrected chi connectivity index (χ2v) is 15.2. The number of nitrogens with two attached hydrogens (primary N) is 2. The van der Waals surface area contributed by atoms with E-state index in [1.807, 2.05) is 0 Å². The second kappa shape index (κ2) is 13.1. The lowest BCUT2D eigenvalue weighted by atomic mass is 9.82. The maximum absolute atomic E-state index is 14.0. The van der Waals surface area contributed by atoms with E-state index in [4.69, 9.17) is 11.5 Å². The van der Waals surface area contributed by atoms with Gasteiger partial charge in [-0.25, -0.2) is 0 Å². The average molecular weight is 767 g/mol. The van der Waals surface area contributed by atoms with Gasteiger partial charge in [-0.2, -0.15) is 16.8 Å². The Hall–Kier alpha value is -6.60. The van der Waals surface area contributed by atoms with Crippen LogP contribution >= 0.6 is 0 Å². The number of fused-ring (bicyclic) bond motifs is 4. The predicted molar refractivity (Wildman–Crippen MR) is 198 cm³/mol. The van der Waals surface area contributed by atoms with E-state index < -0.39 is 43.3 Å². The third-order valence-electron chi connectivity index (χ3n) is 8.66. The maximum atomic E-state index is 14.0. The summed E-state index contributed by atoms with van der Waals surface area (Å²) in [7, 11) is -7.69. The van der Waals surface area contributed by atoms with Gasteiger partial charge in [0, 0.05) is 50.1 Å². The molecule has 6 aromatic rings. The number of phenolic OH excluding ortho intramolecular Hbond substituents is 2. The van der Waals surface area contributed by atoms with Crippen LogP contribution in [0.25, 0.3) is 21.5 Å². The first-order valence-electron chi connectivity index (χ1n) is 15.6. The Morgan fingerprint density at radius 3 is 1.57 bits per heavy atom. The molecule has 0 atom stereocenters. The number of benzene rings is 6. The van der Waals surface area contributed by atoms with Gasteiger partial charge in [-0.15, -0.1) is 20.5 Å². The third-order valence-corrected chi connectivity index (χ3v) is 10.6. The maximum Gasteiger partial charge on any atom is 0.296 e. The van der Waals surface area contributed by atoms with E-state index in [0.29, 0.717) is 0 Å². The Labute approximate surface area is 305 Å². The molecule has 16 nitrogen and oxygen atoms in total. The summed E-state index contributed by atoms with van der Waals surface area (Å²) in [4.78, 5) is 27.7. The van der Waals surface area contributed by atoms with E-state index in [9.17, 15) is 41.2 Å². The van der Waals surface area contributed by atoms with Gasteiger partial charge in [0.15, 0.2) is 11.6 Å². The molecule has 1 aliphatic carbocycles. The van der Waals surface area contributed by atoms with Crippen LogP contribution < -0.4 is 11.5 Å². The van der Waals surface area contributed by atoms with Gasteiger partial charge in [-0.05, 0) is 60.2 Å². The highest BCUT2D eigenvalue weighted by molar-refractivity contribution is 7.86. The lowest BCUT2D eigenvalue weighted by Gasteiger charge is -2.19. The minimum absolute atomic E-state index is 0.000817. The van der Waals surface area contributed by atoms with Gasteiger partial charge < -0.3 is 21.7 Å². The van der Waals surface area contributed by atoms with Gasteiger partial charge in [0.05, 0.1) is 45.9 Å². The first-order valence-corrected chi connectivity index (χ1v) is 18.6. The number of nitrogen functional groups attached to an aromatic ring is 2. The number of carbonyl (C=O) groups excluding carboxylic acids is 2. The van der Waals surface area contributed by atoms with Gasteiger partial charge in [0.1, 0.15) is 17.3 Å². The minimum Gasteiger partial charge on any atom is -0.507 e. The number of phenols is 2. The zero-order valence-electron chi connectivity index (χ0n) is 27.7. The Balaban J connectivity index is 1.29. The van der Waals surface area contributed by atoms with Gasteiger partial charge in [-0.1, -0.05) is 24.3 Å². The van der Waals surface area contributed by atoms with E-state index in [2.05, 4.69) is 24.6 Å². The molecule has 6 aromatic carbocycles. The average Bonchev–Trinajstić information content (AvgIpc) is 3.12. The molecule has 0 unspecified atom stereocenters. The molecule has 0 aliphatic heterocycles. The van der Waals surface area contributed by atoms with Crippen LogP contribution in [0.3, 0.4) is 0 Å². The molecule has 0 heterocycles. The van der Waals surface area contributed by atoms with Crippen LogP contribution in [0.1, 0.15) is 37.4 Å². The summed E-state index contributed by atoms with van der Waals surface area (Å²) in [5.74, 6) is -2.72. The van der Waals surface area contributed by atoms with Gasteiger partial charge in [0.25, 0.3) is 20.2 Å². The summed E-state index contributed by atoms with van der Waals surface area (Å²) in [6.45, 7) is 0. The molecule has 1 aliphatic rings. The van der Waals surface area contributed by atoms with Gasteiger partial charge in [0.2, 0.25) is 0 Å². The van der Waals surface area contributed by atoms with E-state index in [0.717, 1.165) is 19.2 Å². The lowest BCUT2D eigenvalue weighted by molar-refractivity contribution is 0.0980. The highest BCUT2D eigenvalue weighted by atomic mass is 32.2. The highest BCUT2D eigenvalue weighted by Crippen LogP contribution is 2.43. The predicted octanol–water partition coefficient (Wildman–Crippen LogP) is 6.90. The first kappa shape index (κ1) is 35.8. The van der Waals surface area contributed by atoms with E-state index >= 15 is 0 Å². The summed E-state index contributed by atoms with van der Waals surface area (Å²) >= 11 is 0. The summed E-state index contributed by atoms with van der Waals surface area (Å²) < 4.78 is 61.9. The summed E-state index contributed by atoms with van der Waals surface area (Å²) in [5.41, 5.74) is 12.7. The van der Waals surface area contributed by atoms with Crippen molar-refractivity contribution in [3.05, 3.63) is 113 Å². The monoisotopic (exact) mass is 766 g/mol. The summed E-state index contributed by atoms with van der Waals surface area (Å²) in [6.07, 6.45) is 0. The zero-order chi connectivity index (χ0) is 38.7. The number of azo groups is 2. The number of hydrogen-bond donors (Lipinski definition) is 5. The SMILES string of the molecule is COS(=O)(=O)c1cc(O)c2c(N)ccc(N=Nc3cccc4c3C(=O)c3cccc(N=Nc5ccc(N)c6c(O)cc(CS(=O)(=O)O)cc56)c3C4=O)c2c1. The summed E-state index contributed by atoms with van der Waals surface area (Å²) in [6, 6.07) is 19.4. The van der Waals surface area contributed by atoms with E-state index in [-0.39, 0.29) is 94.1 Å². The molecule has 54 heavy (non-hydrogen) atoms. The normalized spacial score (nSPS) is 13.3. The molecule has 0 fully saturated rings. The molecule has 0 bridgehead atoms. The minimum atomic E-state index is -4.44. The number of nitrogens with zero attached hydrogens (tertiary/aromatic N) is 4. The van der Waals surface area contributed by atoms with E-state index in [1.165, 1.54) is 72.8 Å². The number of hydrogen-bond acceptors (Lipinski definition) is 15. The van der Waals surface area contributed by atoms with Crippen LogP contribution in [0.4, 0.5) is 34.1 Å². The molecule has 0 saturated heterocycles. The molecule has 18 heteroatoms. The number of ketones is 2. The van der Waals surface area contributed by atoms with Gasteiger partial charge in [-0.3, -0.25) is 18.3 Å². The molecule has 0 aromatic heterocycles. The first-order chi connectivity index (χ1) is 25.6. The quantitative estimate of drug-likeness (QED) is 0.0457. The number of rotatable bonds is 8. The molecule has 0 saturated carbocycles. The smallest absolute Gasteiger partial charge is 0.296 e. The second-order valence-electron chi connectivity index (χ2n) is 12.1. The molecular formula is C36H26N6O10S2. The van der Waals surface area contributed by atoms with Crippen LogP contribution in [-0.2, 0) is 30.2 Å².